The summed E-state index contributed by atoms with van der Waals surface area (Å²) in [5.41, 5.74) is 3.21. The van der Waals surface area contributed by atoms with Gasteiger partial charge in [-0.1, -0.05) is 72.3 Å². The highest BCUT2D eigenvalue weighted by Gasteiger charge is 2.33. The van der Waals surface area contributed by atoms with Gasteiger partial charge in [-0.3, -0.25) is 10.1 Å². The molecule has 5 rings (SSSR count). The number of amides is 1. The van der Waals surface area contributed by atoms with Gasteiger partial charge in [0, 0.05) is 17.0 Å². The lowest BCUT2D eigenvalue weighted by Gasteiger charge is -2.32. The molecule has 2 atom stereocenters. The van der Waals surface area contributed by atoms with Gasteiger partial charge in [0.05, 0.1) is 19.2 Å². The maximum atomic E-state index is 12.6. The number of nitrogens with zero attached hydrogens (tertiary/aromatic N) is 3. The number of methoxy groups -OCH3 is 1. The van der Waals surface area contributed by atoms with E-state index >= 15 is 0 Å². The number of hydrogen-bond acceptors (Lipinski definition) is 5. The van der Waals surface area contributed by atoms with E-state index in [0.29, 0.717) is 23.8 Å². The van der Waals surface area contributed by atoms with Crippen LogP contribution >= 0.6 is 11.6 Å². The van der Waals surface area contributed by atoms with Crippen LogP contribution in [0.2, 0.25) is 5.02 Å². The topological polar surface area (TPSA) is 81.1 Å². The third kappa shape index (κ3) is 5.15. The van der Waals surface area contributed by atoms with Crippen LogP contribution in [0.15, 0.2) is 78.9 Å². The summed E-state index contributed by atoms with van der Waals surface area (Å²) in [6.07, 6.45) is 1.73. The number of rotatable bonds is 7. The second kappa shape index (κ2) is 10.2. The first-order valence-corrected chi connectivity index (χ1v) is 11.9. The summed E-state index contributed by atoms with van der Waals surface area (Å²) in [4.78, 5) is 17.2. The van der Waals surface area contributed by atoms with E-state index in [1.807, 2.05) is 83.5 Å². The molecular formula is C27H26ClN5O2. The lowest BCUT2D eigenvalue weighted by molar-refractivity contribution is -0.116. The molecule has 8 heteroatoms. The van der Waals surface area contributed by atoms with E-state index < -0.39 is 0 Å². The Kier molecular flexibility index (Phi) is 6.68. The number of carbonyl (C=O) groups excluding carboxylic acids is 1. The van der Waals surface area contributed by atoms with Gasteiger partial charge in [0.15, 0.2) is 0 Å². The average molecular weight is 488 g/mol. The number of aryl methyl sites for hydroxylation is 1. The molecule has 0 saturated carbocycles. The molecule has 2 N–H and O–H groups in total. The second-order valence-corrected chi connectivity index (χ2v) is 8.92. The van der Waals surface area contributed by atoms with Crippen molar-refractivity contribution in [3.8, 4) is 5.75 Å². The number of fused-ring (bicyclic) bond motifs is 1. The molecular weight excluding hydrogens is 462 g/mol. The number of carbonyl (C=O) groups is 1. The predicted octanol–water partition coefficient (Wildman–Crippen LogP) is 5.66. The van der Waals surface area contributed by atoms with Gasteiger partial charge in [-0.05, 0) is 42.2 Å². The third-order valence-corrected chi connectivity index (χ3v) is 6.45. The first-order valence-electron chi connectivity index (χ1n) is 11.6. The van der Waals surface area contributed by atoms with Gasteiger partial charge in [0.25, 0.3) is 5.95 Å². The van der Waals surface area contributed by atoms with Crippen molar-refractivity contribution in [2.45, 2.75) is 31.3 Å². The van der Waals surface area contributed by atoms with Gasteiger partial charge in [-0.2, -0.15) is 4.98 Å². The maximum Gasteiger partial charge on any atom is 0.250 e. The van der Waals surface area contributed by atoms with Crippen LogP contribution in [0.5, 0.6) is 5.75 Å². The predicted molar refractivity (Wildman–Crippen MR) is 137 cm³/mol. The summed E-state index contributed by atoms with van der Waals surface area (Å²) in [5, 5.41) is 11.7. The summed E-state index contributed by atoms with van der Waals surface area (Å²) in [6, 6.07) is 25.5. The molecule has 1 aliphatic rings. The fourth-order valence-electron chi connectivity index (χ4n) is 4.43. The zero-order chi connectivity index (χ0) is 24.2. The Hall–Kier alpha value is -3.84. The zero-order valence-corrected chi connectivity index (χ0v) is 20.1. The molecule has 2 heterocycles. The number of aromatic nitrogens is 3. The van der Waals surface area contributed by atoms with Crippen molar-refractivity contribution in [1.82, 2.24) is 14.8 Å². The minimum Gasteiger partial charge on any atom is -0.496 e. The highest BCUT2D eigenvalue weighted by atomic mass is 35.5. The van der Waals surface area contributed by atoms with E-state index in [9.17, 15) is 4.79 Å². The molecule has 0 radical (unpaired) electrons. The van der Waals surface area contributed by atoms with Crippen molar-refractivity contribution >= 4 is 29.4 Å². The molecule has 0 saturated heterocycles. The van der Waals surface area contributed by atoms with Crippen molar-refractivity contribution in [2.24, 2.45) is 0 Å². The van der Waals surface area contributed by atoms with Crippen LogP contribution in [-0.4, -0.2) is 27.8 Å². The van der Waals surface area contributed by atoms with E-state index in [-0.39, 0.29) is 23.9 Å². The molecule has 0 aliphatic carbocycles. The first kappa shape index (κ1) is 22.9. The van der Waals surface area contributed by atoms with Crippen LogP contribution < -0.4 is 15.4 Å². The third-order valence-electron chi connectivity index (χ3n) is 6.19. The molecule has 0 spiro atoms. The highest BCUT2D eigenvalue weighted by Crippen LogP contribution is 2.41. The van der Waals surface area contributed by atoms with Gasteiger partial charge >= 0.3 is 0 Å². The standard InChI is InChI=1S/C27H26ClN5O2/c1-35-24-10-6-5-9-21(24)23-17-22(19-12-14-20(28)15-13-19)29-27-31-26(32-33(23)27)30-25(34)16-11-18-7-3-2-4-8-18/h2-10,12-15,22-23H,11,16-17H2,1H3,(H2,29,30,31,32,34). The monoisotopic (exact) mass is 487 g/mol. The summed E-state index contributed by atoms with van der Waals surface area (Å²) < 4.78 is 7.48. The van der Waals surface area contributed by atoms with Crippen LogP contribution in [0.4, 0.5) is 11.9 Å². The van der Waals surface area contributed by atoms with E-state index in [0.717, 1.165) is 28.9 Å². The van der Waals surface area contributed by atoms with Crippen LogP contribution in [0.1, 0.15) is 41.6 Å². The first-order chi connectivity index (χ1) is 17.1. The largest absolute Gasteiger partial charge is 0.496 e. The van der Waals surface area contributed by atoms with Gasteiger partial charge in [-0.25, -0.2) is 4.68 Å². The summed E-state index contributed by atoms with van der Waals surface area (Å²) in [7, 11) is 1.66. The minimum atomic E-state index is -0.134. The SMILES string of the molecule is COc1ccccc1C1CC(c2ccc(Cl)cc2)Nc2nc(NC(=O)CCc3ccccc3)nn21. The molecule has 0 bridgehead atoms. The van der Waals surface area contributed by atoms with Crippen LogP contribution in [0, 0.1) is 0 Å². The summed E-state index contributed by atoms with van der Waals surface area (Å²) in [6.45, 7) is 0. The normalized spacial score (nSPS) is 16.7. The van der Waals surface area contributed by atoms with Crippen molar-refractivity contribution in [3.63, 3.8) is 0 Å². The Balaban J connectivity index is 1.41. The Morgan fingerprint density at radius 3 is 2.60 bits per heavy atom. The fraction of sp³-hybridized carbons (Fsp3) is 0.222. The quantitative estimate of drug-likeness (QED) is 0.351. The second-order valence-electron chi connectivity index (χ2n) is 8.48. The maximum absolute atomic E-state index is 12.6. The van der Waals surface area contributed by atoms with E-state index in [4.69, 9.17) is 16.3 Å². The number of anilines is 2. The lowest BCUT2D eigenvalue weighted by Crippen LogP contribution is -2.28. The fourth-order valence-corrected chi connectivity index (χ4v) is 4.56. The van der Waals surface area contributed by atoms with Gasteiger partial charge < -0.3 is 10.1 Å². The van der Waals surface area contributed by atoms with Crippen molar-refractivity contribution < 1.29 is 9.53 Å². The molecule has 1 aliphatic heterocycles. The molecule has 7 nitrogen and oxygen atoms in total. The number of benzene rings is 3. The molecule has 1 amide bonds. The Morgan fingerprint density at radius 2 is 1.83 bits per heavy atom. The van der Waals surface area contributed by atoms with Gasteiger partial charge in [0.1, 0.15) is 5.75 Å². The summed E-state index contributed by atoms with van der Waals surface area (Å²) >= 11 is 6.11. The molecule has 178 valence electrons. The van der Waals surface area contributed by atoms with Crippen LogP contribution in [0.3, 0.4) is 0 Å². The lowest BCUT2D eigenvalue weighted by atomic mass is 9.93. The van der Waals surface area contributed by atoms with Gasteiger partial charge in [0.2, 0.25) is 11.9 Å². The van der Waals surface area contributed by atoms with Crippen molar-refractivity contribution in [3.05, 3.63) is 101 Å². The number of para-hydroxylation sites is 1. The smallest absolute Gasteiger partial charge is 0.250 e. The van der Waals surface area contributed by atoms with Gasteiger partial charge in [-0.15, -0.1) is 5.10 Å². The number of nitrogens with one attached hydrogen (secondary N) is 2. The molecule has 0 fully saturated rings. The Labute approximate surface area is 209 Å². The average Bonchev–Trinajstić information content (AvgIpc) is 3.30. The van der Waals surface area contributed by atoms with Crippen LogP contribution in [-0.2, 0) is 11.2 Å². The molecule has 1 aromatic heterocycles. The number of halogens is 1. The highest BCUT2D eigenvalue weighted by molar-refractivity contribution is 6.30. The molecule has 4 aromatic rings. The summed E-state index contributed by atoms with van der Waals surface area (Å²) in [5.74, 6) is 1.52. The Bertz CT molecular complexity index is 1310. The van der Waals surface area contributed by atoms with Crippen molar-refractivity contribution in [2.75, 3.05) is 17.7 Å². The Morgan fingerprint density at radius 1 is 1.09 bits per heavy atom. The zero-order valence-electron chi connectivity index (χ0n) is 19.3. The molecule has 2 unspecified atom stereocenters. The van der Waals surface area contributed by atoms with E-state index in [1.165, 1.54) is 0 Å². The van der Waals surface area contributed by atoms with E-state index in [2.05, 4.69) is 20.7 Å². The van der Waals surface area contributed by atoms with Crippen LogP contribution in [0.25, 0.3) is 0 Å². The molecule has 3 aromatic carbocycles. The minimum absolute atomic E-state index is 0.0134. The molecule has 35 heavy (non-hydrogen) atoms. The van der Waals surface area contributed by atoms with Crippen molar-refractivity contribution in [1.29, 1.82) is 0 Å². The number of ether oxygens (including phenoxy) is 1. The number of hydrogen-bond donors (Lipinski definition) is 2. The van der Waals surface area contributed by atoms with E-state index in [1.54, 1.807) is 7.11 Å².